The maximum Gasteiger partial charge on any atom is 0.254 e. The van der Waals surface area contributed by atoms with Gasteiger partial charge < -0.3 is 9.30 Å². The maximum absolute atomic E-state index is 13.1. The number of amides is 1. The molecular weight excluding hydrogens is 416 g/mol. The number of thioether (sulfide) groups is 1. The summed E-state index contributed by atoms with van der Waals surface area (Å²) in [5.74, 6) is 0.710. The smallest absolute Gasteiger partial charge is 0.254 e. The molecule has 5 nitrogen and oxygen atoms in total. The second-order valence-corrected chi connectivity index (χ2v) is 8.34. The number of pyridine rings is 1. The van der Waals surface area contributed by atoms with E-state index in [4.69, 9.17) is 5.26 Å². The lowest BCUT2D eigenvalue weighted by molar-refractivity contribution is 0.0762. The van der Waals surface area contributed by atoms with Gasteiger partial charge in [0.05, 0.1) is 17.3 Å². The van der Waals surface area contributed by atoms with E-state index < -0.39 is 0 Å². The van der Waals surface area contributed by atoms with E-state index in [2.05, 4.69) is 17.6 Å². The summed E-state index contributed by atoms with van der Waals surface area (Å²) in [6.07, 6.45) is 5.75. The van der Waals surface area contributed by atoms with Crippen LogP contribution in [0, 0.1) is 11.3 Å². The first kappa shape index (κ1) is 21.4. The van der Waals surface area contributed by atoms with Gasteiger partial charge >= 0.3 is 0 Å². The Labute approximate surface area is 191 Å². The zero-order valence-corrected chi connectivity index (χ0v) is 18.3. The fourth-order valence-corrected chi connectivity index (χ4v) is 4.15. The highest BCUT2D eigenvalue weighted by Gasteiger charge is 2.15. The van der Waals surface area contributed by atoms with Gasteiger partial charge in [-0.1, -0.05) is 24.3 Å². The molecule has 0 aliphatic heterocycles. The summed E-state index contributed by atoms with van der Waals surface area (Å²) in [4.78, 5) is 20.5. The van der Waals surface area contributed by atoms with Crippen LogP contribution in [0.2, 0.25) is 0 Å². The molecule has 0 radical (unpaired) electrons. The van der Waals surface area contributed by atoms with Gasteiger partial charge in [0.25, 0.3) is 5.91 Å². The summed E-state index contributed by atoms with van der Waals surface area (Å²) in [6.45, 7) is 4.69. The number of hydrogen-bond donors (Lipinski definition) is 0. The number of imidazole rings is 1. The predicted octanol–water partition coefficient (Wildman–Crippen LogP) is 5.33. The van der Waals surface area contributed by atoms with Crippen LogP contribution in [-0.4, -0.2) is 26.7 Å². The summed E-state index contributed by atoms with van der Waals surface area (Å²) in [7, 11) is 0. The van der Waals surface area contributed by atoms with Crippen molar-refractivity contribution in [3.8, 4) is 6.07 Å². The molecule has 4 rings (SSSR count). The highest BCUT2D eigenvalue weighted by atomic mass is 32.2. The first-order valence-electron chi connectivity index (χ1n) is 10.2. The third kappa shape index (κ3) is 5.08. The molecule has 0 spiro atoms. The van der Waals surface area contributed by atoms with Crippen molar-refractivity contribution in [1.29, 1.82) is 5.26 Å². The molecule has 4 aromatic rings. The van der Waals surface area contributed by atoms with Gasteiger partial charge in [-0.2, -0.15) is 5.26 Å². The summed E-state index contributed by atoms with van der Waals surface area (Å²) < 4.78 is 2.01. The Bertz CT molecular complexity index is 1240. The van der Waals surface area contributed by atoms with Gasteiger partial charge in [0.1, 0.15) is 5.65 Å². The molecule has 0 saturated heterocycles. The number of nitrogens with zero attached hydrogens (tertiary/aromatic N) is 4. The van der Waals surface area contributed by atoms with Gasteiger partial charge in [-0.15, -0.1) is 18.3 Å². The Morgan fingerprint density at radius 2 is 1.91 bits per heavy atom. The minimum absolute atomic E-state index is 0.0499. The van der Waals surface area contributed by atoms with Crippen LogP contribution in [0.1, 0.15) is 27.2 Å². The van der Waals surface area contributed by atoms with E-state index in [1.54, 1.807) is 34.9 Å². The zero-order valence-electron chi connectivity index (χ0n) is 17.5. The topological polar surface area (TPSA) is 61.4 Å². The van der Waals surface area contributed by atoms with Crippen molar-refractivity contribution in [1.82, 2.24) is 14.3 Å². The summed E-state index contributed by atoms with van der Waals surface area (Å²) >= 11 is 1.69. The van der Waals surface area contributed by atoms with E-state index in [0.29, 0.717) is 24.2 Å². The Hall–Kier alpha value is -3.82. The van der Waals surface area contributed by atoms with Crippen LogP contribution in [0.4, 0.5) is 0 Å². The van der Waals surface area contributed by atoms with Gasteiger partial charge in [0, 0.05) is 41.7 Å². The quantitative estimate of drug-likeness (QED) is 0.276. The molecule has 0 saturated carbocycles. The molecule has 0 aliphatic carbocycles. The minimum Gasteiger partial charge on any atom is -0.331 e. The van der Waals surface area contributed by atoms with Crippen LogP contribution in [0.15, 0.2) is 96.7 Å². The average Bonchev–Trinajstić information content (AvgIpc) is 3.26. The van der Waals surface area contributed by atoms with Crippen LogP contribution in [0.3, 0.4) is 0 Å². The number of aromatic nitrogens is 2. The van der Waals surface area contributed by atoms with Crippen LogP contribution in [-0.2, 0) is 12.3 Å². The molecule has 2 aromatic carbocycles. The fraction of sp³-hybridized carbons (Fsp3) is 0.115. The molecule has 0 bridgehead atoms. The average molecular weight is 439 g/mol. The largest absolute Gasteiger partial charge is 0.331 e. The molecule has 0 unspecified atom stereocenters. The molecule has 0 N–H and O–H groups in total. The van der Waals surface area contributed by atoms with E-state index in [0.717, 1.165) is 27.6 Å². The highest BCUT2D eigenvalue weighted by molar-refractivity contribution is 7.98. The number of nitriles is 1. The lowest BCUT2D eigenvalue weighted by Crippen LogP contribution is -2.30. The monoisotopic (exact) mass is 438 g/mol. The second-order valence-electron chi connectivity index (χ2n) is 7.29. The van der Waals surface area contributed by atoms with Gasteiger partial charge in [-0.25, -0.2) is 4.98 Å². The van der Waals surface area contributed by atoms with Crippen molar-refractivity contribution in [3.05, 3.63) is 114 Å². The standard InChI is InChI=1S/C26H22N4OS/c1-2-14-30(17-21-8-6-20(16-27)7-9-21)26(31)22-10-12-24(13-11-22)32-19-23-18-29-15-4-3-5-25(29)28-23/h2-13,15,18H,1,14,17,19H2. The lowest BCUT2D eigenvalue weighted by Gasteiger charge is -2.21. The molecule has 0 fully saturated rings. The van der Waals surface area contributed by atoms with E-state index in [1.165, 1.54) is 0 Å². The van der Waals surface area contributed by atoms with Crippen molar-refractivity contribution in [3.63, 3.8) is 0 Å². The fourth-order valence-electron chi connectivity index (χ4n) is 3.37. The molecule has 32 heavy (non-hydrogen) atoms. The van der Waals surface area contributed by atoms with E-state index in [-0.39, 0.29) is 5.91 Å². The Morgan fingerprint density at radius 1 is 1.12 bits per heavy atom. The van der Waals surface area contributed by atoms with Crippen molar-refractivity contribution in [2.75, 3.05) is 6.54 Å². The van der Waals surface area contributed by atoms with Crippen molar-refractivity contribution in [2.24, 2.45) is 0 Å². The zero-order chi connectivity index (χ0) is 22.3. The number of carbonyl (C=O) groups excluding carboxylic acids is 1. The first-order valence-corrected chi connectivity index (χ1v) is 11.2. The van der Waals surface area contributed by atoms with E-state index in [9.17, 15) is 4.79 Å². The Morgan fingerprint density at radius 3 is 2.59 bits per heavy atom. The number of hydrogen-bond acceptors (Lipinski definition) is 4. The highest BCUT2D eigenvalue weighted by Crippen LogP contribution is 2.23. The third-order valence-electron chi connectivity index (χ3n) is 5.00. The van der Waals surface area contributed by atoms with Crippen molar-refractivity contribution < 1.29 is 4.79 Å². The number of carbonyl (C=O) groups is 1. The van der Waals surface area contributed by atoms with E-state index in [1.807, 2.05) is 71.4 Å². The minimum atomic E-state index is -0.0499. The Balaban J connectivity index is 1.40. The molecule has 158 valence electrons. The molecule has 2 aromatic heterocycles. The summed E-state index contributed by atoms with van der Waals surface area (Å²) in [5, 5.41) is 8.96. The number of rotatable bonds is 8. The molecule has 2 heterocycles. The van der Waals surface area contributed by atoms with Crippen LogP contribution < -0.4 is 0 Å². The van der Waals surface area contributed by atoms with Gasteiger partial charge in [-0.05, 0) is 54.1 Å². The second kappa shape index (κ2) is 9.99. The number of fused-ring (bicyclic) bond motifs is 1. The molecule has 0 atom stereocenters. The first-order chi connectivity index (χ1) is 15.7. The maximum atomic E-state index is 13.1. The van der Waals surface area contributed by atoms with Crippen LogP contribution in [0.25, 0.3) is 5.65 Å². The van der Waals surface area contributed by atoms with Crippen molar-refractivity contribution in [2.45, 2.75) is 17.2 Å². The lowest BCUT2D eigenvalue weighted by atomic mass is 10.1. The van der Waals surface area contributed by atoms with Crippen LogP contribution in [0.5, 0.6) is 0 Å². The van der Waals surface area contributed by atoms with Gasteiger partial charge in [0.2, 0.25) is 0 Å². The molecule has 6 heteroatoms. The Kier molecular flexibility index (Phi) is 6.69. The SMILES string of the molecule is C=CCN(Cc1ccc(C#N)cc1)C(=O)c1ccc(SCc2cn3ccccc3n2)cc1. The number of benzene rings is 2. The third-order valence-corrected chi connectivity index (χ3v) is 6.04. The normalized spacial score (nSPS) is 10.6. The van der Waals surface area contributed by atoms with E-state index >= 15 is 0 Å². The molecule has 0 aliphatic rings. The predicted molar refractivity (Wildman–Crippen MR) is 127 cm³/mol. The van der Waals surface area contributed by atoms with Crippen molar-refractivity contribution >= 4 is 23.3 Å². The summed E-state index contributed by atoms with van der Waals surface area (Å²) in [6, 6.07) is 23.0. The van der Waals surface area contributed by atoms with Gasteiger partial charge in [0.15, 0.2) is 0 Å². The molecular formula is C26H22N4OS. The summed E-state index contributed by atoms with van der Waals surface area (Å²) in [5.41, 5.74) is 4.16. The van der Waals surface area contributed by atoms with Crippen LogP contribution >= 0.6 is 11.8 Å². The molecule has 1 amide bonds. The van der Waals surface area contributed by atoms with Gasteiger partial charge in [-0.3, -0.25) is 4.79 Å².